The molecule has 2 N–H and O–H groups in total. The van der Waals surface area contributed by atoms with Gasteiger partial charge >= 0.3 is 0 Å². The summed E-state index contributed by atoms with van der Waals surface area (Å²) in [6.07, 6.45) is 2.50. The molecule has 0 radical (unpaired) electrons. The summed E-state index contributed by atoms with van der Waals surface area (Å²) < 4.78 is 6.62. The zero-order chi connectivity index (χ0) is 26.7. The van der Waals surface area contributed by atoms with Crippen molar-refractivity contribution in [2.24, 2.45) is 5.92 Å². The second kappa shape index (κ2) is 11.2. The zero-order valence-electron chi connectivity index (χ0n) is 21.2. The number of hydrogen-bond acceptors (Lipinski definition) is 9. The maximum atomic E-state index is 13.5. The number of aromatic nitrogens is 4. The predicted molar refractivity (Wildman–Crippen MR) is 146 cm³/mol. The SMILES string of the molecule is CCC(C(=O)Nc1nnc(CC(C)C)s1)n1cnc2sc(C(=O)Nc3ccccc3OC)c(C)c2c1=O. The van der Waals surface area contributed by atoms with Crippen molar-refractivity contribution in [3.8, 4) is 5.75 Å². The maximum Gasteiger partial charge on any atom is 0.266 e. The lowest BCUT2D eigenvalue weighted by Gasteiger charge is -2.16. The summed E-state index contributed by atoms with van der Waals surface area (Å²) >= 11 is 2.45. The van der Waals surface area contributed by atoms with Crippen LogP contribution in [0.2, 0.25) is 0 Å². The highest BCUT2D eigenvalue weighted by molar-refractivity contribution is 7.20. The lowest BCUT2D eigenvalue weighted by Crippen LogP contribution is -2.33. The fraction of sp³-hybridized carbons (Fsp3) is 0.360. The Hall–Kier alpha value is -3.64. The lowest BCUT2D eigenvalue weighted by atomic mass is 10.1. The van der Waals surface area contributed by atoms with Gasteiger partial charge in [0.15, 0.2) is 0 Å². The lowest BCUT2D eigenvalue weighted by molar-refractivity contribution is -0.119. The molecule has 0 saturated heterocycles. The number of benzene rings is 1. The number of fused-ring (bicyclic) bond motifs is 1. The van der Waals surface area contributed by atoms with Gasteiger partial charge in [0.25, 0.3) is 11.5 Å². The highest BCUT2D eigenvalue weighted by Gasteiger charge is 2.25. The number of aryl methyl sites for hydroxylation is 1. The minimum absolute atomic E-state index is 0.319. The van der Waals surface area contributed by atoms with Gasteiger partial charge < -0.3 is 10.1 Å². The van der Waals surface area contributed by atoms with Gasteiger partial charge in [0.1, 0.15) is 21.6 Å². The molecule has 1 unspecified atom stereocenters. The molecule has 0 saturated carbocycles. The summed E-state index contributed by atoms with van der Waals surface area (Å²) in [5.74, 6) is 0.208. The quantitative estimate of drug-likeness (QED) is 0.316. The van der Waals surface area contributed by atoms with Crippen LogP contribution in [0.25, 0.3) is 10.2 Å². The van der Waals surface area contributed by atoms with Crippen molar-refractivity contribution in [3.05, 3.63) is 56.4 Å². The first kappa shape index (κ1) is 26.4. The Morgan fingerprint density at radius 3 is 2.59 bits per heavy atom. The molecule has 4 rings (SSSR count). The molecule has 0 spiro atoms. The highest BCUT2D eigenvalue weighted by atomic mass is 32.1. The van der Waals surface area contributed by atoms with Crippen molar-refractivity contribution >= 4 is 55.5 Å². The first-order valence-electron chi connectivity index (χ1n) is 11.8. The number of ether oxygens (including phenoxy) is 1. The van der Waals surface area contributed by atoms with Crippen LogP contribution in [-0.2, 0) is 11.2 Å². The first-order chi connectivity index (χ1) is 17.7. The fourth-order valence-electron chi connectivity index (χ4n) is 3.94. The molecule has 37 heavy (non-hydrogen) atoms. The predicted octanol–water partition coefficient (Wildman–Crippen LogP) is 4.67. The number of nitrogens with one attached hydrogen (secondary N) is 2. The minimum Gasteiger partial charge on any atom is -0.495 e. The summed E-state index contributed by atoms with van der Waals surface area (Å²) in [5, 5.41) is 15.4. The molecule has 10 nitrogen and oxygen atoms in total. The van der Waals surface area contributed by atoms with Gasteiger partial charge in [0.2, 0.25) is 11.0 Å². The molecular weight excluding hydrogens is 512 g/mol. The number of thiophene rings is 1. The van der Waals surface area contributed by atoms with Gasteiger partial charge in [0.05, 0.1) is 29.4 Å². The van der Waals surface area contributed by atoms with Crippen LogP contribution >= 0.6 is 22.7 Å². The standard InChI is InChI=1S/C25H28N6O4S2/c1-6-16(21(32)28-25-30-29-18(36-25)11-13(2)3)31-12-26-23-19(24(31)34)14(4)20(37-23)22(33)27-15-9-7-8-10-17(15)35-5/h7-10,12-13,16H,6,11H2,1-5H3,(H,27,33)(H,28,30,32). The largest absolute Gasteiger partial charge is 0.495 e. The summed E-state index contributed by atoms with van der Waals surface area (Å²) in [6.45, 7) is 7.70. The third-order valence-electron chi connectivity index (χ3n) is 5.74. The molecule has 12 heteroatoms. The Bertz CT molecular complexity index is 1510. The molecule has 194 valence electrons. The van der Waals surface area contributed by atoms with E-state index in [9.17, 15) is 14.4 Å². The van der Waals surface area contributed by atoms with E-state index in [2.05, 4.69) is 39.7 Å². The van der Waals surface area contributed by atoms with Crippen LogP contribution in [0.3, 0.4) is 0 Å². The van der Waals surface area contributed by atoms with Gasteiger partial charge in [-0.2, -0.15) is 0 Å². The van der Waals surface area contributed by atoms with Crippen LogP contribution in [0.15, 0.2) is 35.4 Å². The van der Waals surface area contributed by atoms with E-state index in [4.69, 9.17) is 4.74 Å². The average Bonchev–Trinajstić information content (AvgIpc) is 3.44. The third kappa shape index (κ3) is 5.54. The number of amides is 2. The van der Waals surface area contributed by atoms with Gasteiger partial charge in [-0.15, -0.1) is 21.5 Å². The molecule has 0 bridgehead atoms. The Labute approximate surface area is 221 Å². The molecule has 2 amide bonds. The van der Waals surface area contributed by atoms with Gasteiger partial charge in [0, 0.05) is 6.42 Å². The normalized spacial score (nSPS) is 12.1. The molecule has 1 atom stereocenters. The van der Waals surface area contributed by atoms with Crippen LogP contribution in [0.5, 0.6) is 5.75 Å². The fourth-order valence-corrected chi connectivity index (χ4v) is 5.93. The van der Waals surface area contributed by atoms with E-state index < -0.39 is 6.04 Å². The number of rotatable bonds is 9. The molecule has 0 aliphatic rings. The van der Waals surface area contributed by atoms with Gasteiger partial charge in [-0.3, -0.25) is 24.3 Å². The van der Waals surface area contributed by atoms with E-state index >= 15 is 0 Å². The Morgan fingerprint density at radius 2 is 1.89 bits per heavy atom. The summed E-state index contributed by atoms with van der Waals surface area (Å²) in [5.41, 5.74) is 0.653. The number of methoxy groups -OCH3 is 1. The van der Waals surface area contributed by atoms with Gasteiger partial charge in [-0.05, 0) is 37.0 Å². The van der Waals surface area contributed by atoms with Crippen molar-refractivity contribution in [2.45, 2.75) is 46.6 Å². The molecule has 0 aliphatic heterocycles. The first-order valence-corrected chi connectivity index (χ1v) is 13.4. The Kier molecular flexibility index (Phi) is 7.98. The van der Waals surface area contributed by atoms with Crippen LogP contribution < -0.4 is 20.9 Å². The summed E-state index contributed by atoms with van der Waals surface area (Å²) in [7, 11) is 1.53. The number of anilines is 2. The van der Waals surface area contributed by atoms with Crippen molar-refractivity contribution in [1.82, 2.24) is 19.7 Å². The second-order valence-corrected chi connectivity index (χ2v) is 10.9. The maximum absolute atomic E-state index is 13.5. The summed E-state index contributed by atoms with van der Waals surface area (Å²) in [4.78, 5) is 44.9. The van der Waals surface area contributed by atoms with E-state index in [1.807, 2.05) is 13.0 Å². The topological polar surface area (TPSA) is 128 Å². The number of para-hydroxylation sites is 2. The minimum atomic E-state index is -0.799. The van der Waals surface area contributed by atoms with E-state index in [0.29, 0.717) is 49.6 Å². The van der Waals surface area contributed by atoms with Crippen LogP contribution in [0.1, 0.15) is 53.5 Å². The molecule has 4 aromatic rings. The van der Waals surface area contributed by atoms with E-state index in [0.717, 1.165) is 22.8 Å². The molecule has 0 aliphatic carbocycles. The Balaban J connectivity index is 1.61. The van der Waals surface area contributed by atoms with Crippen molar-refractivity contribution in [2.75, 3.05) is 17.7 Å². The van der Waals surface area contributed by atoms with Crippen molar-refractivity contribution < 1.29 is 14.3 Å². The summed E-state index contributed by atoms with van der Waals surface area (Å²) in [6, 6.07) is 6.28. The number of carbonyl (C=O) groups is 2. The number of nitrogens with zero attached hydrogens (tertiary/aromatic N) is 4. The van der Waals surface area contributed by atoms with Crippen LogP contribution in [0.4, 0.5) is 10.8 Å². The monoisotopic (exact) mass is 540 g/mol. The average molecular weight is 541 g/mol. The highest BCUT2D eigenvalue weighted by Crippen LogP contribution is 2.30. The molecule has 1 aromatic carbocycles. The number of carbonyl (C=O) groups excluding carboxylic acids is 2. The van der Waals surface area contributed by atoms with Crippen LogP contribution in [0, 0.1) is 12.8 Å². The molecule has 0 fully saturated rings. The van der Waals surface area contributed by atoms with Crippen molar-refractivity contribution in [1.29, 1.82) is 0 Å². The third-order valence-corrected chi connectivity index (χ3v) is 7.80. The van der Waals surface area contributed by atoms with E-state index in [1.165, 1.54) is 29.3 Å². The van der Waals surface area contributed by atoms with Gasteiger partial charge in [-0.25, -0.2) is 4.98 Å². The number of hydrogen-bond donors (Lipinski definition) is 2. The molecular formula is C25H28N6O4S2. The van der Waals surface area contributed by atoms with E-state index in [-0.39, 0.29) is 17.4 Å². The zero-order valence-corrected chi connectivity index (χ0v) is 22.8. The smallest absolute Gasteiger partial charge is 0.266 e. The van der Waals surface area contributed by atoms with E-state index in [1.54, 1.807) is 25.1 Å². The molecule has 3 heterocycles. The van der Waals surface area contributed by atoms with Crippen LogP contribution in [-0.4, -0.2) is 38.7 Å². The van der Waals surface area contributed by atoms with Gasteiger partial charge in [-0.1, -0.05) is 44.2 Å². The second-order valence-electron chi connectivity index (χ2n) is 8.86. The van der Waals surface area contributed by atoms with Crippen molar-refractivity contribution in [3.63, 3.8) is 0 Å². The Morgan fingerprint density at radius 1 is 1.14 bits per heavy atom. The molecule has 3 aromatic heterocycles.